The first-order chi connectivity index (χ1) is 6.74. The van der Waals surface area contributed by atoms with E-state index in [1.807, 2.05) is 12.5 Å². The van der Waals surface area contributed by atoms with Crippen molar-refractivity contribution in [1.82, 2.24) is 19.8 Å². The van der Waals surface area contributed by atoms with Gasteiger partial charge in [0.1, 0.15) is 0 Å². The van der Waals surface area contributed by atoms with Crippen molar-refractivity contribution in [3.8, 4) is 0 Å². The maximum Gasteiger partial charge on any atom is 0.0948 e. The second kappa shape index (κ2) is 5.78. The molecule has 0 radical (unpaired) electrons. The topological polar surface area (TPSA) is 33.1 Å². The lowest BCUT2D eigenvalue weighted by Crippen LogP contribution is -2.26. The predicted octanol–water partition coefficient (Wildman–Crippen LogP) is 0.554. The van der Waals surface area contributed by atoms with Crippen molar-refractivity contribution < 1.29 is 0 Å². The van der Waals surface area contributed by atoms with Crippen LogP contribution >= 0.6 is 0 Å². The molecule has 1 aromatic heterocycles. The first kappa shape index (κ1) is 11.2. The van der Waals surface area contributed by atoms with E-state index in [4.69, 9.17) is 0 Å². The average molecular weight is 196 g/mol. The van der Waals surface area contributed by atoms with E-state index in [1.165, 1.54) is 5.69 Å². The molecule has 0 spiro atoms. The summed E-state index contributed by atoms with van der Waals surface area (Å²) in [7, 11) is 4.16. The molecular formula is C10H20N4. The van der Waals surface area contributed by atoms with E-state index in [2.05, 4.69) is 40.8 Å². The van der Waals surface area contributed by atoms with Crippen LogP contribution in [0.15, 0.2) is 12.5 Å². The van der Waals surface area contributed by atoms with Crippen LogP contribution in [0.2, 0.25) is 0 Å². The van der Waals surface area contributed by atoms with E-state index < -0.39 is 0 Å². The summed E-state index contributed by atoms with van der Waals surface area (Å²) < 4.78 is 2.16. The van der Waals surface area contributed by atoms with Crippen LogP contribution in [-0.4, -0.2) is 41.6 Å². The third-order valence-electron chi connectivity index (χ3n) is 2.18. The number of likely N-dealkylation sites (N-methyl/N-ethyl adjacent to an activating group) is 1. The molecule has 0 aliphatic heterocycles. The second-order valence-corrected chi connectivity index (χ2v) is 3.65. The molecular weight excluding hydrogens is 176 g/mol. The normalized spacial score (nSPS) is 11.1. The molecule has 0 aliphatic rings. The van der Waals surface area contributed by atoms with Gasteiger partial charge in [-0.05, 0) is 21.0 Å². The quantitative estimate of drug-likeness (QED) is 0.675. The average Bonchev–Trinajstić information content (AvgIpc) is 2.59. The zero-order valence-corrected chi connectivity index (χ0v) is 9.32. The van der Waals surface area contributed by atoms with Crippen LogP contribution < -0.4 is 5.32 Å². The number of imidazole rings is 1. The Hall–Kier alpha value is -0.870. The van der Waals surface area contributed by atoms with Crippen LogP contribution in [0.3, 0.4) is 0 Å². The molecule has 1 heterocycles. The van der Waals surface area contributed by atoms with E-state index in [-0.39, 0.29) is 0 Å². The van der Waals surface area contributed by atoms with Gasteiger partial charge in [-0.2, -0.15) is 0 Å². The summed E-state index contributed by atoms with van der Waals surface area (Å²) in [6.07, 6.45) is 3.80. The highest BCUT2D eigenvalue weighted by molar-refractivity contribution is 4.97. The molecule has 0 amide bonds. The zero-order chi connectivity index (χ0) is 10.4. The minimum absolute atomic E-state index is 0.904. The molecule has 1 rings (SSSR count). The fraction of sp³-hybridized carbons (Fsp3) is 0.700. The monoisotopic (exact) mass is 196 g/mol. The standard InChI is InChI=1S/C10H20N4/c1-4-14-9-12-8-10(14)7-11-5-6-13(2)3/h8-9,11H,4-7H2,1-3H3. The lowest BCUT2D eigenvalue weighted by atomic mass is 10.4. The third-order valence-corrected chi connectivity index (χ3v) is 2.18. The summed E-state index contributed by atoms with van der Waals surface area (Å²) in [6, 6.07) is 0. The SMILES string of the molecule is CCn1cncc1CNCCN(C)C. The maximum atomic E-state index is 4.12. The maximum absolute atomic E-state index is 4.12. The van der Waals surface area contributed by atoms with Crippen LogP contribution in [0, 0.1) is 0 Å². The summed E-state index contributed by atoms with van der Waals surface area (Å²) in [5.74, 6) is 0. The Kier molecular flexibility index (Phi) is 4.62. The van der Waals surface area contributed by atoms with Gasteiger partial charge in [-0.25, -0.2) is 4.98 Å². The second-order valence-electron chi connectivity index (χ2n) is 3.65. The van der Waals surface area contributed by atoms with E-state index in [0.29, 0.717) is 0 Å². The minimum Gasteiger partial charge on any atom is -0.334 e. The molecule has 0 atom stereocenters. The highest BCUT2D eigenvalue weighted by Crippen LogP contribution is 1.97. The van der Waals surface area contributed by atoms with Gasteiger partial charge in [0.25, 0.3) is 0 Å². The first-order valence-electron chi connectivity index (χ1n) is 5.08. The molecule has 4 heteroatoms. The number of hydrogen-bond donors (Lipinski definition) is 1. The molecule has 0 saturated heterocycles. The van der Waals surface area contributed by atoms with Crippen molar-refractivity contribution in [2.75, 3.05) is 27.2 Å². The van der Waals surface area contributed by atoms with Gasteiger partial charge in [-0.3, -0.25) is 0 Å². The Morgan fingerprint density at radius 1 is 1.50 bits per heavy atom. The Bertz CT molecular complexity index is 254. The van der Waals surface area contributed by atoms with Crippen LogP contribution in [0.25, 0.3) is 0 Å². The van der Waals surface area contributed by atoms with Crippen LogP contribution in [-0.2, 0) is 13.1 Å². The third kappa shape index (κ3) is 3.47. The summed E-state index contributed by atoms with van der Waals surface area (Å²) in [4.78, 5) is 6.29. The molecule has 1 N–H and O–H groups in total. The van der Waals surface area contributed by atoms with Gasteiger partial charge in [0.15, 0.2) is 0 Å². The molecule has 0 fully saturated rings. The number of rotatable bonds is 6. The van der Waals surface area contributed by atoms with Gasteiger partial charge in [-0.15, -0.1) is 0 Å². The van der Waals surface area contributed by atoms with Gasteiger partial charge in [0.2, 0.25) is 0 Å². The Labute approximate surface area is 85.9 Å². The van der Waals surface area contributed by atoms with Gasteiger partial charge in [0, 0.05) is 32.4 Å². The number of nitrogens with zero attached hydrogens (tertiary/aromatic N) is 3. The molecule has 4 nitrogen and oxygen atoms in total. The highest BCUT2D eigenvalue weighted by atomic mass is 15.1. The lowest BCUT2D eigenvalue weighted by Gasteiger charge is -2.10. The van der Waals surface area contributed by atoms with Crippen molar-refractivity contribution in [3.05, 3.63) is 18.2 Å². The van der Waals surface area contributed by atoms with Crippen LogP contribution in [0.5, 0.6) is 0 Å². The van der Waals surface area contributed by atoms with Gasteiger partial charge >= 0.3 is 0 Å². The highest BCUT2D eigenvalue weighted by Gasteiger charge is 1.98. The molecule has 0 aliphatic carbocycles. The number of aromatic nitrogens is 2. The smallest absolute Gasteiger partial charge is 0.0948 e. The van der Waals surface area contributed by atoms with Crippen molar-refractivity contribution in [2.45, 2.75) is 20.0 Å². The van der Waals surface area contributed by atoms with Gasteiger partial charge in [-0.1, -0.05) is 0 Å². The number of hydrogen-bond acceptors (Lipinski definition) is 3. The summed E-state index contributed by atoms with van der Waals surface area (Å²) in [5, 5.41) is 3.39. The fourth-order valence-corrected chi connectivity index (χ4v) is 1.30. The summed E-state index contributed by atoms with van der Waals surface area (Å²) >= 11 is 0. The van der Waals surface area contributed by atoms with Crippen LogP contribution in [0.1, 0.15) is 12.6 Å². The van der Waals surface area contributed by atoms with E-state index in [1.54, 1.807) is 0 Å². The van der Waals surface area contributed by atoms with E-state index >= 15 is 0 Å². The first-order valence-corrected chi connectivity index (χ1v) is 5.08. The zero-order valence-electron chi connectivity index (χ0n) is 9.32. The Balaban J connectivity index is 2.24. The molecule has 0 aromatic carbocycles. The summed E-state index contributed by atoms with van der Waals surface area (Å²) in [6.45, 7) is 6.11. The van der Waals surface area contributed by atoms with Crippen molar-refractivity contribution in [2.24, 2.45) is 0 Å². The Morgan fingerprint density at radius 2 is 2.29 bits per heavy atom. The molecule has 80 valence electrons. The molecule has 1 aromatic rings. The van der Waals surface area contributed by atoms with Crippen molar-refractivity contribution in [3.63, 3.8) is 0 Å². The number of nitrogens with one attached hydrogen (secondary N) is 1. The van der Waals surface area contributed by atoms with E-state index in [0.717, 1.165) is 26.2 Å². The van der Waals surface area contributed by atoms with Gasteiger partial charge in [0.05, 0.1) is 12.0 Å². The van der Waals surface area contributed by atoms with Crippen molar-refractivity contribution in [1.29, 1.82) is 0 Å². The lowest BCUT2D eigenvalue weighted by molar-refractivity contribution is 0.398. The fourth-order valence-electron chi connectivity index (χ4n) is 1.30. The van der Waals surface area contributed by atoms with E-state index in [9.17, 15) is 0 Å². The predicted molar refractivity (Wildman–Crippen MR) is 58.2 cm³/mol. The molecule has 0 saturated carbocycles. The Morgan fingerprint density at radius 3 is 2.93 bits per heavy atom. The molecule has 14 heavy (non-hydrogen) atoms. The molecule has 0 unspecified atom stereocenters. The minimum atomic E-state index is 0.904. The van der Waals surface area contributed by atoms with Gasteiger partial charge < -0.3 is 14.8 Å². The number of aryl methyl sites for hydroxylation is 1. The van der Waals surface area contributed by atoms with Crippen LogP contribution in [0.4, 0.5) is 0 Å². The van der Waals surface area contributed by atoms with Crippen molar-refractivity contribution >= 4 is 0 Å². The summed E-state index contributed by atoms with van der Waals surface area (Å²) in [5.41, 5.74) is 1.26. The largest absolute Gasteiger partial charge is 0.334 e. The molecule has 0 bridgehead atoms.